The molecule has 2 rings (SSSR count). The van der Waals surface area contributed by atoms with Crippen molar-refractivity contribution in [1.82, 2.24) is 5.32 Å². The number of nitrogens with two attached hydrogens (primary N) is 1. The van der Waals surface area contributed by atoms with Gasteiger partial charge in [0.15, 0.2) is 0 Å². The summed E-state index contributed by atoms with van der Waals surface area (Å²) in [6.07, 6.45) is 2.16. The van der Waals surface area contributed by atoms with Gasteiger partial charge >= 0.3 is 0 Å². The first-order valence-electron chi connectivity index (χ1n) is 6.47. The van der Waals surface area contributed by atoms with Gasteiger partial charge in [0.25, 0.3) is 0 Å². The van der Waals surface area contributed by atoms with Crippen molar-refractivity contribution < 1.29 is 8.42 Å². The monoisotopic (exact) mass is 283 g/mol. The third-order valence-corrected chi connectivity index (χ3v) is 4.68. The fraction of sp³-hybridized carbons (Fsp3) is 0.538. The Balaban J connectivity index is 2.12. The van der Waals surface area contributed by atoms with Crippen molar-refractivity contribution in [2.45, 2.75) is 24.7 Å². The molecule has 0 bridgehead atoms. The number of sulfonamides is 1. The Morgan fingerprint density at radius 3 is 2.58 bits per heavy atom. The minimum Gasteiger partial charge on any atom is -0.383 e. The van der Waals surface area contributed by atoms with Crippen LogP contribution in [0.5, 0.6) is 0 Å². The molecule has 0 aliphatic carbocycles. The van der Waals surface area contributed by atoms with Gasteiger partial charge in [-0.15, -0.1) is 0 Å². The van der Waals surface area contributed by atoms with Crippen LogP contribution in [0.2, 0.25) is 0 Å². The first-order valence-corrected chi connectivity index (χ1v) is 8.02. The quantitative estimate of drug-likeness (QED) is 0.773. The molecule has 0 aromatic heterocycles. The highest BCUT2D eigenvalue weighted by Gasteiger charge is 2.26. The van der Waals surface area contributed by atoms with Crippen LogP contribution in [0.15, 0.2) is 29.2 Å². The van der Waals surface area contributed by atoms with E-state index in [0.717, 1.165) is 32.5 Å². The van der Waals surface area contributed by atoms with Gasteiger partial charge in [-0.3, -0.25) is 0 Å². The van der Waals surface area contributed by atoms with E-state index in [1.165, 1.54) is 6.07 Å². The molecule has 1 aromatic carbocycles. The lowest BCUT2D eigenvalue weighted by atomic mass is 9.81. The summed E-state index contributed by atoms with van der Waals surface area (Å²) < 4.78 is 23.0. The average molecular weight is 283 g/mol. The molecular formula is C13H21N3O2S. The van der Waals surface area contributed by atoms with Crippen molar-refractivity contribution in [2.24, 2.45) is 10.6 Å². The van der Waals surface area contributed by atoms with Crippen LogP contribution in [0.1, 0.15) is 19.8 Å². The Bertz CT molecular complexity index is 537. The number of hydrogen-bond acceptors (Lipinski definition) is 4. The van der Waals surface area contributed by atoms with E-state index in [4.69, 9.17) is 5.14 Å². The van der Waals surface area contributed by atoms with Gasteiger partial charge in [-0.25, -0.2) is 13.6 Å². The van der Waals surface area contributed by atoms with Crippen molar-refractivity contribution in [1.29, 1.82) is 0 Å². The predicted molar refractivity (Wildman–Crippen MR) is 76.5 cm³/mol. The molecule has 1 heterocycles. The summed E-state index contributed by atoms with van der Waals surface area (Å²) in [4.78, 5) is 0.160. The summed E-state index contributed by atoms with van der Waals surface area (Å²) in [5, 5.41) is 11.8. The average Bonchev–Trinajstić information content (AvgIpc) is 2.37. The predicted octanol–water partition coefficient (Wildman–Crippen LogP) is 1.14. The highest BCUT2D eigenvalue weighted by atomic mass is 32.2. The number of nitrogens with one attached hydrogen (secondary N) is 2. The Labute approximate surface area is 114 Å². The molecule has 0 atom stereocenters. The van der Waals surface area contributed by atoms with Crippen LogP contribution in [0.4, 0.5) is 5.69 Å². The van der Waals surface area contributed by atoms with Gasteiger partial charge in [-0.05, 0) is 43.5 Å². The van der Waals surface area contributed by atoms with Gasteiger partial charge in [0, 0.05) is 6.54 Å². The number of anilines is 1. The standard InChI is InChI=1S/C13H21N3O2S/c1-13(6-8-15-9-7-13)10-16-11-4-2-3-5-12(11)19(14,17)18/h2-5,15-16H,6-10H2,1H3,(H2,14,17,18). The van der Waals surface area contributed by atoms with E-state index >= 15 is 0 Å². The maximum absolute atomic E-state index is 11.5. The van der Waals surface area contributed by atoms with Gasteiger partial charge < -0.3 is 10.6 Å². The number of rotatable bonds is 4. The van der Waals surface area contributed by atoms with E-state index in [0.29, 0.717) is 5.69 Å². The molecule has 19 heavy (non-hydrogen) atoms. The Morgan fingerprint density at radius 1 is 1.32 bits per heavy atom. The van der Waals surface area contributed by atoms with E-state index in [-0.39, 0.29) is 10.3 Å². The summed E-state index contributed by atoms with van der Waals surface area (Å²) in [5.41, 5.74) is 0.779. The van der Waals surface area contributed by atoms with Gasteiger partial charge in [-0.1, -0.05) is 19.1 Å². The number of piperidine rings is 1. The molecule has 0 spiro atoms. The molecule has 1 aliphatic rings. The second kappa shape index (κ2) is 5.48. The van der Waals surface area contributed by atoms with Crippen LogP contribution < -0.4 is 15.8 Å². The maximum Gasteiger partial charge on any atom is 0.240 e. The largest absolute Gasteiger partial charge is 0.383 e. The van der Waals surface area contributed by atoms with Crippen molar-refractivity contribution >= 4 is 15.7 Å². The fourth-order valence-corrected chi connectivity index (χ4v) is 3.09. The molecule has 6 heteroatoms. The van der Waals surface area contributed by atoms with E-state index in [9.17, 15) is 8.42 Å². The molecule has 1 saturated heterocycles. The van der Waals surface area contributed by atoms with Crippen LogP contribution in [0.25, 0.3) is 0 Å². The van der Waals surface area contributed by atoms with Gasteiger partial charge in [-0.2, -0.15) is 0 Å². The summed E-state index contributed by atoms with van der Waals surface area (Å²) in [7, 11) is -3.68. The smallest absolute Gasteiger partial charge is 0.240 e. The van der Waals surface area contributed by atoms with Crippen molar-refractivity contribution in [3.05, 3.63) is 24.3 Å². The molecule has 106 valence electrons. The summed E-state index contributed by atoms with van der Waals surface area (Å²) >= 11 is 0. The van der Waals surface area contributed by atoms with Crippen LogP contribution in [0, 0.1) is 5.41 Å². The van der Waals surface area contributed by atoms with Gasteiger partial charge in [0.05, 0.1) is 5.69 Å². The van der Waals surface area contributed by atoms with E-state index in [2.05, 4.69) is 17.6 Å². The molecule has 0 radical (unpaired) electrons. The number of para-hydroxylation sites is 1. The summed E-state index contributed by atoms with van der Waals surface area (Å²) in [6, 6.07) is 6.77. The lowest BCUT2D eigenvalue weighted by molar-refractivity contribution is 0.247. The Hall–Kier alpha value is -1.11. The molecular weight excluding hydrogens is 262 g/mol. The summed E-state index contributed by atoms with van der Waals surface area (Å²) in [5.74, 6) is 0. The van der Waals surface area contributed by atoms with Crippen LogP contribution in [0.3, 0.4) is 0 Å². The van der Waals surface area contributed by atoms with Crippen molar-refractivity contribution in [3.8, 4) is 0 Å². The third-order valence-electron chi connectivity index (χ3n) is 3.71. The zero-order chi connectivity index (χ0) is 13.9. The van der Waals surface area contributed by atoms with Gasteiger partial charge in [0.2, 0.25) is 10.0 Å². The second-order valence-electron chi connectivity index (χ2n) is 5.46. The van der Waals surface area contributed by atoms with E-state index in [1.54, 1.807) is 12.1 Å². The lowest BCUT2D eigenvalue weighted by Crippen LogP contribution is -2.39. The minimum atomic E-state index is -3.68. The maximum atomic E-state index is 11.5. The second-order valence-corrected chi connectivity index (χ2v) is 6.99. The van der Waals surface area contributed by atoms with E-state index < -0.39 is 10.0 Å². The number of primary sulfonamides is 1. The molecule has 4 N–H and O–H groups in total. The van der Waals surface area contributed by atoms with Crippen molar-refractivity contribution in [2.75, 3.05) is 25.0 Å². The first kappa shape index (κ1) is 14.3. The molecule has 0 amide bonds. The number of benzene rings is 1. The molecule has 0 unspecified atom stereocenters. The van der Waals surface area contributed by atoms with Gasteiger partial charge in [0.1, 0.15) is 4.90 Å². The molecule has 1 fully saturated rings. The fourth-order valence-electron chi connectivity index (χ4n) is 2.38. The zero-order valence-corrected chi connectivity index (χ0v) is 12.0. The Kier molecular flexibility index (Phi) is 4.13. The Morgan fingerprint density at radius 2 is 1.95 bits per heavy atom. The highest BCUT2D eigenvalue weighted by Crippen LogP contribution is 2.29. The van der Waals surface area contributed by atoms with Crippen LogP contribution in [-0.4, -0.2) is 28.1 Å². The molecule has 0 saturated carbocycles. The topological polar surface area (TPSA) is 84.2 Å². The third kappa shape index (κ3) is 3.68. The van der Waals surface area contributed by atoms with Crippen LogP contribution >= 0.6 is 0 Å². The van der Waals surface area contributed by atoms with E-state index in [1.807, 2.05) is 6.07 Å². The van der Waals surface area contributed by atoms with Crippen molar-refractivity contribution in [3.63, 3.8) is 0 Å². The SMILES string of the molecule is CC1(CNc2ccccc2S(N)(=O)=O)CCNCC1. The molecule has 5 nitrogen and oxygen atoms in total. The first-order chi connectivity index (χ1) is 8.91. The van der Waals surface area contributed by atoms with Crippen LogP contribution in [-0.2, 0) is 10.0 Å². The zero-order valence-electron chi connectivity index (χ0n) is 11.1. The lowest BCUT2D eigenvalue weighted by Gasteiger charge is -2.34. The summed E-state index contributed by atoms with van der Waals surface area (Å²) in [6.45, 7) is 4.99. The normalized spacial score (nSPS) is 19.1. The highest BCUT2D eigenvalue weighted by molar-refractivity contribution is 7.89. The molecule has 1 aromatic rings. The molecule has 1 aliphatic heterocycles. The number of hydrogen-bond donors (Lipinski definition) is 3. The minimum absolute atomic E-state index is 0.160.